The fourth-order valence-electron chi connectivity index (χ4n) is 2.91. The SMILES string of the molecule is CCc1cnc(CNc2ccc(S(=O)(=O)N3CCN(C)CC3)cc2[N+](=O)[O-])o1. The Bertz CT molecular complexity index is 951. The number of nitrogens with one attached hydrogen (secondary N) is 1. The number of aromatic nitrogens is 1. The van der Waals surface area contributed by atoms with E-state index in [0.717, 1.165) is 11.8 Å². The van der Waals surface area contributed by atoms with Crippen molar-refractivity contribution in [2.24, 2.45) is 0 Å². The molecule has 1 N–H and O–H groups in total. The van der Waals surface area contributed by atoms with Gasteiger partial charge in [-0.15, -0.1) is 0 Å². The Morgan fingerprint density at radius 3 is 2.61 bits per heavy atom. The molecule has 0 unspecified atom stereocenters. The Kier molecular flexibility index (Phi) is 5.96. The Morgan fingerprint density at radius 1 is 1.29 bits per heavy atom. The highest BCUT2D eigenvalue weighted by Gasteiger charge is 2.29. The number of anilines is 1. The van der Waals surface area contributed by atoms with E-state index < -0.39 is 14.9 Å². The summed E-state index contributed by atoms with van der Waals surface area (Å²) in [5, 5.41) is 14.4. The second-order valence-corrected chi connectivity index (χ2v) is 8.51. The maximum absolute atomic E-state index is 12.8. The van der Waals surface area contributed by atoms with Gasteiger partial charge in [-0.05, 0) is 19.2 Å². The molecule has 0 aliphatic carbocycles. The van der Waals surface area contributed by atoms with Gasteiger partial charge in [0, 0.05) is 38.7 Å². The molecule has 0 bridgehead atoms. The smallest absolute Gasteiger partial charge is 0.293 e. The Morgan fingerprint density at radius 2 is 2.00 bits per heavy atom. The summed E-state index contributed by atoms with van der Waals surface area (Å²) in [5.41, 5.74) is -0.101. The normalized spacial score (nSPS) is 16.2. The van der Waals surface area contributed by atoms with Crippen LogP contribution in [0, 0.1) is 10.1 Å². The van der Waals surface area contributed by atoms with E-state index in [2.05, 4.69) is 10.3 Å². The number of nitrogens with zero attached hydrogens (tertiary/aromatic N) is 4. The van der Waals surface area contributed by atoms with Crippen LogP contribution in [-0.4, -0.2) is 60.8 Å². The molecule has 0 atom stereocenters. The molecule has 0 radical (unpaired) electrons. The number of hydrogen-bond donors (Lipinski definition) is 1. The molecule has 1 aliphatic rings. The zero-order valence-corrected chi connectivity index (χ0v) is 16.6. The van der Waals surface area contributed by atoms with Crippen LogP contribution in [0.25, 0.3) is 0 Å². The number of nitro benzene ring substituents is 1. The molecule has 1 aromatic heterocycles. The first-order chi connectivity index (χ1) is 13.3. The van der Waals surface area contributed by atoms with Crippen molar-refractivity contribution in [2.45, 2.75) is 24.8 Å². The van der Waals surface area contributed by atoms with Gasteiger partial charge in [-0.2, -0.15) is 4.31 Å². The van der Waals surface area contributed by atoms with Gasteiger partial charge >= 0.3 is 0 Å². The fraction of sp³-hybridized carbons (Fsp3) is 0.471. The summed E-state index contributed by atoms with van der Waals surface area (Å²) < 4.78 is 32.5. The highest BCUT2D eigenvalue weighted by Crippen LogP contribution is 2.29. The lowest BCUT2D eigenvalue weighted by molar-refractivity contribution is -0.384. The van der Waals surface area contributed by atoms with E-state index >= 15 is 0 Å². The van der Waals surface area contributed by atoms with Crippen molar-refractivity contribution in [3.05, 3.63) is 46.2 Å². The van der Waals surface area contributed by atoms with Crippen molar-refractivity contribution in [3.8, 4) is 0 Å². The quantitative estimate of drug-likeness (QED) is 0.542. The van der Waals surface area contributed by atoms with Crippen LogP contribution in [0.5, 0.6) is 0 Å². The van der Waals surface area contributed by atoms with Crippen LogP contribution in [0.2, 0.25) is 0 Å². The third-order valence-electron chi connectivity index (χ3n) is 4.65. The van der Waals surface area contributed by atoms with Crippen molar-refractivity contribution in [1.82, 2.24) is 14.2 Å². The van der Waals surface area contributed by atoms with Crippen molar-refractivity contribution in [3.63, 3.8) is 0 Å². The first-order valence-corrected chi connectivity index (χ1v) is 10.4. The third kappa shape index (κ3) is 4.32. The first kappa shape index (κ1) is 20.2. The molecule has 1 aliphatic heterocycles. The predicted molar refractivity (Wildman–Crippen MR) is 103 cm³/mol. The summed E-state index contributed by atoms with van der Waals surface area (Å²) in [4.78, 5) is 16.9. The molecule has 11 heteroatoms. The molecule has 0 amide bonds. The van der Waals surface area contributed by atoms with Gasteiger partial charge in [0.15, 0.2) is 0 Å². The Labute approximate surface area is 163 Å². The molecule has 1 aromatic carbocycles. The minimum Gasteiger partial charge on any atom is -0.444 e. The fourth-order valence-corrected chi connectivity index (χ4v) is 4.36. The summed E-state index contributed by atoms with van der Waals surface area (Å²) in [6.45, 7) is 4.05. The van der Waals surface area contributed by atoms with Gasteiger partial charge in [-0.3, -0.25) is 10.1 Å². The van der Waals surface area contributed by atoms with Crippen molar-refractivity contribution < 1.29 is 17.8 Å². The van der Waals surface area contributed by atoms with Crippen LogP contribution >= 0.6 is 0 Å². The van der Waals surface area contributed by atoms with E-state index in [-0.39, 0.29) is 22.8 Å². The minimum atomic E-state index is -3.78. The molecule has 1 saturated heterocycles. The molecule has 10 nitrogen and oxygen atoms in total. The van der Waals surface area contributed by atoms with Gasteiger partial charge in [-0.25, -0.2) is 13.4 Å². The number of hydrogen-bond acceptors (Lipinski definition) is 8. The zero-order chi connectivity index (χ0) is 20.3. The van der Waals surface area contributed by atoms with Crippen LogP contribution in [0.3, 0.4) is 0 Å². The molecule has 2 aromatic rings. The summed E-state index contributed by atoms with van der Waals surface area (Å²) in [7, 11) is -1.86. The number of rotatable bonds is 7. The molecule has 2 heterocycles. The molecule has 28 heavy (non-hydrogen) atoms. The summed E-state index contributed by atoms with van der Waals surface area (Å²) in [6, 6.07) is 3.89. The first-order valence-electron chi connectivity index (χ1n) is 8.96. The van der Waals surface area contributed by atoms with Crippen LogP contribution in [0.4, 0.5) is 11.4 Å². The predicted octanol–water partition coefficient (Wildman–Crippen LogP) is 1.69. The van der Waals surface area contributed by atoms with E-state index in [0.29, 0.717) is 38.5 Å². The number of aryl methyl sites for hydroxylation is 1. The van der Waals surface area contributed by atoms with Gasteiger partial charge in [0.1, 0.15) is 11.4 Å². The Hall–Kier alpha value is -2.50. The number of nitro groups is 1. The molecule has 152 valence electrons. The van der Waals surface area contributed by atoms with E-state index in [1.165, 1.54) is 16.4 Å². The number of benzene rings is 1. The summed E-state index contributed by atoms with van der Waals surface area (Å²) in [6.07, 6.45) is 2.31. The lowest BCUT2D eigenvalue weighted by atomic mass is 10.2. The van der Waals surface area contributed by atoms with Gasteiger partial charge < -0.3 is 14.6 Å². The topological polar surface area (TPSA) is 122 Å². The molecular formula is C17H23N5O5S. The molecule has 1 fully saturated rings. The monoisotopic (exact) mass is 409 g/mol. The highest BCUT2D eigenvalue weighted by atomic mass is 32.2. The molecule has 0 spiro atoms. The zero-order valence-electron chi connectivity index (χ0n) is 15.8. The van der Waals surface area contributed by atoms with Gasteiger partial charge in [0.05, 0.1) is 22.6 Å². The van der Waals surface area contributed by atoms with E-state index in [4.69, 9.17) is 4.42 Å². The Balaban J connectivity index is 1.81. The number of sulfonamides is 1. The summed E-state index contributed by atoms with van der Waals surface area (Å²) >= 11 is 0. The molecule has 3 rings (SSSR count). The third-order valence-corrected chi connectivity index (χ3v) is 6.54. The van der Waals surface area contributed by atoms with Crippen LogP contribution in [0.15, 0.2) is 33.7 Å². The van der Waals surface area contributed by atoms with Crippen molar-refractivity contribution in [2.75, 3.05) is 38.5 Å². The minimum absolute atomic E-state index is 0.0845. The average Bonchev–Trinajstić information content (AvgIpc) is 3.14. The van der Waals surface area contributed by atoms with Crippen molar-refractivity contribution in [1.29, 1.82) is 0 Å². The van der Waals surface area contributed by atoms with Crippen LogP contribution in [0.1, 0.15) is 18.6 Å². The van der Waals surface area contributed by atoms with Gasteiger partial charge in [0.25, 0.3) is 5.69 Å². The second-order valence-electron chi connectivity index (χ2n) is 6.57. The van der Waals surface area contributed by atoms with E-state index in [9.17, 15) is 18.5 Å². The maximum Gasteiger partial charge on any atom is 0.293 e. The average molecular weight is 409 g/mol. The number of oxazole rings is 1. The van der Waals surface area contributed by atoms with Crippen LogP contribution in [-0.2, 0) is 23.0 Å². The molecular weight excluding hydrogens is 386 g/mol. The maximum atomic E-state index is 12.8. The largest absolute Gasteiger partial charge is 0.444 e. The second kappa shape index (κ2) is 8.25. The van der Waals surface area contributed by atoms with Gasteiger partial charge in [0.2, 0.25) is 15.9 Å². The lowest BCUT2D eigenvalue weighted by Crippen LogP contribution is -2.47. The number of likely N-dealkylation sites (N-methyl/N-ethyl adjacent to an activating group) is 1. The van der Waals surface area contributed by atoms with E-state index in [1.54, 1.807) is 6.20 Å². The standard InChI is InChI=1S/C17H23N5O5S/c1-3-13-11-19-17(27-13)12-18-15-5-4-14(10-16(15)22(23)24)28(25,26)21-8-6-20(2)7-9-21/h4-5,10-11,18H,3,6-9,12H2,1-2H3. The lowest BCUT2D eigenvalue weighted by Gasteiger charge is -2.31. The van der Waals surface area contributed by atoms with E-state index in [1.807, 2.05) is 18.9 Å². The molecule has 0 saturated carbocycles. The number of piperazine rings is 1. The van der Waals surface area contributed by atoms with Crippen molar-refractivity contribution >= 4 is 21.4 Å². The van der Waals surface area contributed by atoms with Gasteiger partial charge in [-0.1, -0.05) is 6.92 Å². The highest BCUT2D eigenvalue weighted by molar-refractivity contribution is 7.89. The summed E-state index contributed by atoms with van der Waals surface area (Å²) in [5.74, 6) is 1.13. The van der Waals surface area contributed by atoms with Crippen LogP contribution < -0.4 is 5.32 Å².